The van der Waals surface area contributed by atoms with Crippen LogP contribution in [0.15, 0.2) is 79.3 Å². The smallest absolute Gasteiger partial charge is 0.279 e. The summed E-state index contributed by atoms with van der Waals surface area (Å²) in [4.78, 5) is 19.3. The van der Waals surface area contributed by atoms with Crippen molar-refractivity contribution in [1.82, 2.24) is 9.97 Å². The number of rotatable bonds is 4. The number of nitro benzene ring substituents is 1. The highest BCUT2D eigenvalue weighted by atomic mass is 16.6. The van der Waals surface area contributed by atoms with Gasteiger partial charge in [-0.05, 0) is 29.8 Å². The van der Waals surface area contributed by atoms with Gasteiger partial charge in [0, 0.05) is 24.0 Å². The molecule has 126 valence electrons. The fraction of sp³-hybridized carbons (Fsp3) is 0. The lowest BCUT2D eigenvalue weighted by molar-refractivity contribution is -0.383. The molecule has 0 aliphatic heterocycles. The highest BCUT2D eigenvalue weighted by Crippen LogP contribution is 2.34. The molecule has 2 aromatic heterocycles. The normalized spacial score (nSPS) is 10.6. The molecule has 4 aromatic rings. The molecular weight excluding hydrogens is 330 g/mol. The molecule has 0 fully saturated rings. The van der Waals surface area contributed by atoms with E-state index in [0.717, 1.165) is 11.1 Å². The average molecular weight is 343 g/mol. The second-order valence-electron chi connectivity index (χ2n) is 5.62. The maximum atomic E-state index is 11.2. The molecule has 6 nitrogen and oxygen atoms in total. The molecule has 0 saturated heterocycles. The monoisotopic (exact) mass is 343 g/mol. The Morgan fingerprint density at radius 1 is 0.923 bits per heavy atom. The first-order valence-corrected chi connectivity index (χ1v) is 7.93. The quantitative estimate of drug-likeness (QED) is 0.385. The zero-order chi connectivity index (χ0) is 17.9. The van der Waals surface area contributed by atoms with E-state index >= 15 is 0 Å². The fourth-order valence-electron chi connectivity index (χ4n) is 2.76. The molecule has 4 rings (SSSR count). The van der Waals surface area contributed by atoms with Crippen LogP contribution in [0.5, 0.6) is 11.5 Å². The first kappa shape index (κ1) is 15.7. The summed E-state index contributed by atoms with van der Waals surface area (Å²) in [6.07, 6.45) is 4.94. The highest BCUT2D eigenvalue weighted by Gasteiger charge is 2.16. The van der Waals surface area contributed by atoms with Gasteiger partial charge in [0.25, 0.3) is 5.69 Å². The molecule has 0 bridgehead atoms. The molecule has 0 radical (unpaired) electrons. The van der Waals surface area contributed by atoms with Crippen LogP contribution in [0.3, 0.4) is 0 Å². The molecule has 0 spiro atoms. The predicted molar refractivity (Wildman–Crippen MR) is 98.1 cm³/mol. The molecule has 0 amide bonds. The van der Waals surface area contributed by atoms with Gasteiger partial charge < -0.3 is 4.74 Å². The summed E-state index contributed by atoms with van der Waals surface area (Å²) in [5.41, 5.74) is 2.38. The van der Waals surface area contributed by atoms with Crippen molar-refractivity contribution in [2.45, 2.75) is 0 Å². The van der Waals surface area contributed by atoms with Crippen molar-refractivity contribution < 1.29 is 9.66 Å². The second kappa shape index (κ2) is 6.60. The van der Waals surface area contributed by atoms with Gasteiger partial charge in [0.05, 0.1) is 16.5 Å². The summed E-state index contributed by atoms with van der Waals surface area (Å²) in [7, 11) is 0. The number of nitro groups is 1. The SMILES string of the molecule is O=[N+]([O-])c1ccc(Oc2cncc(-c3ccccc3)c2)c2ncccc12. The van der Waals surface area contributed by atoms with Crippen molar-refractivity contribution >= 4 is 16.6 Å². The number of hydrogen-bond donors (Lipinski definition) is 0. The number of aromatic nitrogens is 2. The molecule has 0 unspecified atom stereocenters. The molecule has 26 heavy (non-hydrogen) atoms. The lowest BCUT2D eigenvalue weighted by Gasteiger charge is -2.09. The molecule has 2 heterocycles. The zero-order valence-electron chi connectivity index (χ0n) is 13.6. The van der Waals surface area contributed by atoms with Crippen LogP contribution in [0, 0.1) is 10.1 Å². The van der Waals surface area contributed by atoms with E-state index in [0.29, 0.717) is 22.4 Å². The molecule has 0 aliphatic carbocycles. The van der Waals surface area contributed by atoms with Crippen molar-refractivity contribution in [3.8, 4) is 22.6 Å². The summed E-state index contributed by atoms with van der Waals surface area (Å²) >= 11 is 0. The number of ether oxygens (including phenoxy) is 1. The summed E-state index contributed by atoms with van der Waals surface area (Å²) in [6.45, 7) is 0. The van der Waals surface area contributed by atoms with Crippen LogP contribution in [0.25, 0.3) is 22.0 Å². The maximum absolute atomic E-state index is 11.2. The largest absolute Gasteiger partial charge is 0.453 e. The van der Waals surface area contributed by atoms with Crippen LogP contribution in [-0.4, -0.2) is 14.9 Å². The lowest BCUT2D eigenvalue weighted by Crippen LogP contribution is -1.94. The number of benzene rings is 2. The molecule has 0 saturated carbocycles. The standard InChI is InChI=1S/C20H13N3O3/c24-23(25)18-8-9-19(20-17(18)7-4-10-22-20)26-16-11-15(12-21-13-16)14-5-2-1-3-6-14/h1-13H. The first-order valence-electron chi connectivity index (χ1n) is 7.93. The third-order valence-electron chi connectivity index (χ3n) is 3.95. The number of non-ortho nitro benzene ring substituents is 1. The summed E-state index contributed by atoms with van der Waals surface area (Å²) in [5.74, 6) is 0.977. The second-order valence-corrected chi connectivity index (χ2v) is 5.62. The maximum Gasteiger partial charge on any atom is 0.279 e. The number of hydrogen-bond acceptors (Lipinski definition) is 5. The Kier molecular flexibility index (Phi) is 3.99. The van der Waals surface area contributed by atoms with Gasteiger partial charge in [-0.25, -0.2) is 0 Å². The third-order valence-corrected chi connectivity index (χ3v) is 3.95. The van der Waals surface area contributed by atoms with Crippen LogP contribution < -0.4 is 4.74 Å². The number of nitrogens with zero attached hydrogens (tertiary/aromatic N) is 3. The van der Waals surface area contributed by atoms with Crippen LogP contribution in [0.1, 0.15) is 0 Å². The predicted octanol–water partition coefficient (Wildman–Crippen LogP) is 5.00. The Morgan fingerprint density at radius 2 is 1.77 bits per heavy atom. The Labute approximate surface area is 148 Å². The molecule has 2 aromatic carbocycles. The van der Waals surface area contributed by atoms with Gasteiger partial charge in [0.1, 0.15) is 11.3 Å². The van der Waals surface area contributed by atoms with Crippen molar-refractivity contribution in [3.05, 3.63) is 89.4 Å². The van der Waals surface area contributed by atoms with E-state index in [1.54, 1.807) is 36.8 Å². The highest BCUT2D eigenvalue weighted by molar-refractivity contribution is 5.92. The minimum absolute atomic E-state index is 0.00314. The average Bonchev–Trinajstić information content (AvgIpc) is 2.69. The summed E-state index contributed by atoms with van der Waals surface area (Å²) < 4.78 is 5.94. The van der Waals surface area contributed by atoms with E-state index in [1.165, 1.54) is 6.07 Å². The zero-order valence-corrected chi connectivity index (χ0v) is 13.6. The van der Waals surface area contributed by atoms with Gasteiger partial charge in [-0.2, -0.15) is 0 Å². The molecule has 0 N–H and O–H groups in total. The van der Waals surface area contributed by atoms with E-state index in [-0.39, 0.29) is 5.69 Å². The summed E-state index contributed by atoms with van der Waals surface area (Å²) in [5, 5.41) is 11.6. The Hall–Kier alpha value is -3.80. The Morgan fingerprint density at radius 3 is 2.58 bits per heavy atom. The van der Waals surface area contributed by atoms with Crippen LogP contribution >= 0.6 is 0 Å². The first-order chi connectivity index (χ1) is 12.7. The van der Waals surface area contributed by atoms with Crippen molar-refractivity contribution in [1.29, 1.82) is 0 Å². The van der Waals surface area contributed by atoms with E-state index in [4.69, 9.17) is 4.74 Å². The molecular formula is C20H13N3O3. The minimum Gasteiger partial charge on any atom is -0.453 e. The van der Waals surface area contributed by atoms with Crippen LogP contribution in [-0.2, 0) is 0 Å². The van der Waals surface area contributed by atoms with E-state index < -0.39 is 4.92 Å². The van der Waals surface area contributed by atoms with Gasteiger partial charge in [-0.15, -0.1) is 0 Å². The van der Waals surface area contributed by atoms with Crippen molar-refractivity contribution in [3.63, 3.8) is 0 Å². The van der Waals surface area contributed by atoms with Gasteiger partial charge in [-0.1, -0.05) is 30.3 Å². The van der Waals surface area contributed by atoms with E-state index in [9.17, 15) is 10.1 Å². The molecule has 0 atom stereocenters. The fourth-order valence-corrected chi connectivity index (χ4v) is 2.76. The van der Waals surface area contributed by atoms with Crippen molar-refractivity contribution in [2.75, 3.05) is 0 Å². The Bertz CT molecular complexity index is 1100. The van der Waals surface area contributed by atoms with Gasteiger partial charge in [0.15, 0.2) is 5.75 Å². The topological polar surface area (TPSA) is 78.2 Å². The minimum atomic E-state index is -0.425. The van der Waals surface area contributed by atoms with E-state index in [1.807, 2.05) is 36.4 Å². The van der Waals surface area contributed by atoms with Gasteiger partial charge in [-0.3, -0.25) is 20.1 Å². The lowest BCUT2D eigenvalue weighted by atomic mass is 10.1. The van der Waals surface area contributed by atoms with Crippen LogP contribution in [0.4, 0.5) is 5.69 Å². The van der Waals surface area contributed by atoms with Gasteiger partial charge >= 0.3 is 0 Å². The summed E-state index contributed by atoms with van der Waals surface area (Å²) in [6, 6.07) is 18.0. The van der Waals surface area contributed by atoms with Gasteiger partial charge in [0.2, 0.25) is 0 Å². The van der Waals surface area contributed by atoms with Crippen molar-refractivity contribution in [2.24, 2.45) is 0 Å². The third kappa shape index (κ3) is 2.95. The number of fused-ring (bicyclic) bond motifs is 1. The van der Waals surface area contributed by atoms with E-state index in [2.05, 4.69) is 9.97 Å². The van der Waals surface area contributed by atoms with Crippen LogP contribution in [0.2, 0.25) is 0 Å². The Balaban J connectivity index is 1.75. The molecule has 6 heteroatoms. The number of pyridine rings is 2. The molecule has 0 aliphatic rings.